The maximum absolute atomic E-state index is 13.0. The molecule has 1 atom stereocenters. The molecule has 1 fully saturated rings. The molecule has 2 heterocycles. The van der Waals surface area contributed by atoms with Crippen molar-refractivity contribution in [2.45, 2.75) is 25.8 Å². The number of para-hydroxylation sites is 1. The Morgan fingerprint density at radius 3 is 2.73 bits per heavy atom. The number of hydrogen-bond acceptors (Lipinski definition) is 6. The minimum atomic E-state index is -0.285. The van der Waals surface area contributed by atoms with Gasteiger partial charge in [-0.2, -0.15) is 5.10 Å². The van der Waals surface area contributed by atoms with E-state index in [9.17, 15) is 9.59 Å². The lowest BCUT2D eigenvalue weighted by Gasteiger charge is -2.30. The fraction of sp³-hybridized carbons (Fsp3) is 0.476. The molecule has 2 aromatic rings. The molecule has 0 bridgehead atoms. The van der Waals surface area contributed by atoms with Crippen LogP contribution in [-0.2, 0) is 4.74 Å². The normalized spacial score (nSPS) is 14.9. The first-order valence-electron chi connectivity index (χ1n) is 10.4. The summed E-state index contributed by atoms with van der Waals surface area (Å²) >= 11 is 0. The maximum atomic E-state index is 13.0. The molecular formula is C21H30N6O3. The molecule has 1 aliphatic heterocycles. The Labute approximate surface area is 176 Å². The molecule has 30 heavy (non-hydrogen) atoms. The number of carbonyl (C=O) groups excluding carboxylic acids is 2. The summed E-state index contributed by atoms with van der Waals surface area (Å²) in [5.41, 5.74) is 2.01. The van der Waals surface area contributed by atoms with Crippen LogP contribution < -0.4 is 20.9 Å². The van der Waals surface area contributed by atoms with Crippen LogP contribution in [0.5, 0.6) is 0 Å². The molecule has 1 saturated heterocycles. The first-order chi connectivity index (χ1) is 14.6. The number of aromatic nitrogens is 2. The van der Waals surface area contributed by atoms with E-state index in [1.54, 1.807) is 6.07 Å². The number of nitrogens with zero attached hydrogens (tertiary/aromatic N) is 2. The van der Waals surface area contributed by atoms with Crippen molar-refractivity contribution in [3.63, 3.8) is 0 Å². The molecular weight excluding hydrogens is 384 g/mol. The number of anilines is 2. The summed E-state index contributed by atoms with van der Waals surface area (Å²) in [6.07, 6.45) is 3.09. The zero-order chi connectivity index (χ0) is 21.3. The first kappa shape index (κ1) is 21.8. The van der Waals surface area contributed by atoms with E-state index in [2.05, 4.69) is 31.0 Å². The van der Waals surface area contributed by atoms with E-state index in [4.69, 9.17) is 4.74 Å². The molecule has 2 amide bonds. The smallest absolute Gasteiger partial charge is 0.271 e. The van der Waals surface area contributed by atoms with Gasteiger partial charge in [0.15, 0.2) is 0 Å². The Morgan fingerprint density at radius 2 is 2.00 bits per heavy atom. The number of hydrogen-bond donors (Lipinski definition) is 4. The van der Waals surface area contributed by atoms with E-state index in [0.29, 0.717) is 24.5 Å². The molecule has 1 aromatic heterocycles. The number of morpholine rings is 1. The molecule has 0 radical (unpaired) electrons. The van der Waals surface area contributed by atoms with Gasteiger partial charge in [0.25, 0.3) is 11.8 Å². The predicted molar refractivity (Wildman–Crippen MR) is 116 cm³/mol. The number of amides is 2. The van der Waals surface area contributed by atoms with E-state index >= 15 is 0 Å². The number of carbonyl (C=O) groups is 2. The van der Waals surface area contributed by atoms with Gasteiger partial charge in [0.2, 0.25) is 0 Å². The van der Waals surface area contributed by atoms with Crippen LogP contribution in [0.1, 0.15) is 40.6 Å². The molecule has 4 N–H and O–H groups in total. The second-order valence-corrected chi connectivity index (χ2v) is 7.20. The zero-order valence-electron chi connectivity index (χ0n) is 17.5. The van der Waals surface area contributed by atoms with Crippen molar-refractivity contribution in [2.75, 3.05) is 50.1 Å². The first-order valence-corrected chi connectivity index (χ1v) is 10.4. The van der Waals surface area contributed by atoms with Crippen molar-refractivity contribution in [2.24, 2.45) is 0 Å². The second kappa shape index (κ2) is 10.7. The summed E-state index contributed by atoms with van der Waals surface area (Å²) in [5, 5.41) is 15.6. The molecule has 162 valence electrons. The third-order valence-corrected chi connectivity index (χ3v) is 5.19. The average molecular weight is 415 g/mol. The minimum absolute atomic E-state index is 0.0406. The minimum Gasteiger partial charge on any atom is -0.378 e. The number of aromatic amines is 1. The molecule has 0 spiro atoms. The highest BCUT2D eigenvalue weighted by Crippen LogP contribution is 2.23. The van der Waals surface area contributed by atoms with E-state index in [1.165, 1.54) is 6.20 Å². The molecule has 0 aliphatic carbocycles. The van der Waals surface area contributed by atoms with Crippen LogP contribution >= 0.6 is 0 Å². The number of rotatable bonds is 9. The maximum Gasteiger partial charge on any atom is 0.271 e. The number of benzene rings is 1. The van der Waals surface area contributed by atoms with Crippen LogP contribution in [0.2, 0.25) is 0 Å². The van der Waals surface area contributed by atoms with Crippen molar-refractivity contribution < 1.29 is 14.3 Å². The standard InChI is InChI=1S/C21H30N6O3/c1-3-15(8-9-22-2)24-21(29)19-17(14-23-26-19)25-20(28)16-6-4-5-7-18(16)27-10-12-30-13-11-27/h4-7,14-15,22H,3,8-13H2,1-2H3,(H,23,26)(H,24,29)(H,25,28). The lowest BCUT2D eigenvalue weighted by Crippen LogP contribution is -2.37. The SMILES string of the molecule is CCC(CCNC)NC(=O)c1[nH]ncc1NC(=O)c1ccccc1N1CCOCC1. The van der Waals surface area contributed by atoms with E-state index in [0.717, 1.165) is 38.2 Å². The van der Waals surface area contributed by atoms with Gasteiger partial charge < -0.3 is 25.6 Å². The van der Waals surface area contributed by atoms with Gasteiger partial charge >= 0.3 is 0 Å². The Bertz CT molecular complexity index is 847. The Kier molecular flexibility index (Phi) is 7.81. The van der Waals surface area contributed by atoms with Crippen molar-refractivity contribution in [1.29, 1.82) is 0 Å². The van der Waals surface area contributed by atoms with E-state index < -0.39 is 0 Å². The van der Waals surface area contributed by atoms with Crippen LogP contribution in [0.25, 0.3) is 0 Å². The summed E-state index contributed by atoms with van der Waals surface area (Å²) in [6.45, 7) is 5.56. The number of nitrogens with one attached hydrogen (secondary N) is 4. The van der Waals surface area contributed by atoms with E-state index in [-0.39, 0.29) is 23.6 Å². The van der Waals surface area contributed by atoms with Crippen molar-refractivity contribution in [3.8, 4) is 0 Å². The highest BCUT2D eigenvalue weighted by molar-refractivity contribution is 6.10. The van der Waals surface area contributed by atoms with Gasteiger partial charge in [-0.05, 0) is 38.6 Å². The van der Waals surface area contributed by atoms with Gasteiger partial charge in [-0.3, -0.25) is 14.7 Å². The largest absolute Gasteiger partial charge is 0.378 e. The fourth-order valence-electron chi connectivity index (χ4n) is 3.44. The highest BCUT2D eigenvalue weighted by atomic mass is 16.5. The average Bonchev–Trinajstić information content (AvgIpc) is 3.25. The molecule has 1 unspecified atom stereocenters. The van der Waals surface area contributed by atoms with Crippen molar-refractivity contribution >= 4 is 23.2 Å². The van der Waals surface area contributed by atoms with Crippen LogP contribution in [0.15, 0.2) is 30.5 Å². The van der Waals surface area contributed by atoms with E-state index in [1.807, 2.05) is 32.2 Å². The molecule has 1 aromatic carbocycles. The Balaban J connectivity index is 1.72. The Hall–Kier alpha value is -2.91. The zero-order valence-corrected chi connectivity index (χ0v) is 17.5. The van der Waals surface area contributed by atoms with Crippen LogP contribution in [-0.4, -0.2) is 67.9 Å². The van der Waals surface area contributed by atoms with Gasteiger partial charge in [-0.1, -0.05) is 19.1 Å². The molecule has 9 heteroatoms. The highest BCUT2D eigenvalue weighted by Gasteiger charge is 2.22. The van der Waals surface area contributed by atoms with Gasteiger partial charge in [0.1, 0.15) is 5.69 Å². The van der Waals surface area contributed by atoms with Crippen LogP contribution in [0.4, 0.5) is 11.4 Å². The second-order valence-electron chi connectivity index (χ2n) is 7.20. The number of H-pyrrole nitrogens is 1. The topological polar surface area (TPSA) is 111 Å². The third kappa shape index (κ3) is 5.37. The fourth-order valence-corrected chi connectivity index (χ4v) is 3.44. The molecule has 9 nitrogen and oxygen atoms in total. The molecule has 3 rings (SSSR count). The predicted octanol–water partition coefficient (Wildman–Crippen LogP) is 1.62. The van der Waals surface area contributed by atoms with Gasteiger partial charge in [-0.15, -0.1) is 0 Å². The lowest BCUT2D eigenvalue weighted by atomic mass is 10.1. The Morgan fingerprint density at radius 1 is 1.23 bits per heavy atom. The van der Waals surface area contributed by atoms with Crippen LogP contribution in [0.3, 0.4) is 0 Å². The number of ether oxygens (including phenoxy) is 1. The van der Waals surface area contributed by atoms with Crippen LogP contribution in [0, 0.1) is 0 Å². The van der Waals surface area contributed by atoms with Gasteiger partial charge in [0, 0.05) is 24.8 Å². The lowest BCUT2D eigenvalue weighted by molar-refractivity contribution is 0.0929. The van der Waals surface area contributed by atoms with Crippen molar-refractivity contribution in [3.05, 3.63) is 41.7 Å². The molecule has 1 aliphatic rings. The van der Waals surface area contributed by atoms with Gasteiger partial charge in [0.05, 0.1) is 30.7 Å². The summed E-state index contributed by atoms with van der Waals surface area (Å²) in [5.74, 6) is -0.568. The summed E-state index contributed by atoms with van der Waals surface area (Å²) in [4.78, 5) is 27.9. The monoisotopic (exact) mass is 414 g/mol. The summed E-state index contributed by atoms with van der Waals surface area (Å²) in [7, 11) is 1.88. The van der Waals surface area contributed by atoms with Crippen molar-refractivity contribution in [1.82, 2.24) is 20.8 Å². The summed E-state index contributed by atoms with van der Waals surface area (Å²) in [6, 6.07) is 7.49. The quantitative estimate of drug-likeness (QED) is 0.496. The summed E-state index contributed by atoms with van der Waals surface area (Å²) < 4.78 is 5.41. The molecule has 0 saturated carbocycles. The van der Waals surface area contributed by atoms with Gasteiger partial charge in [-0.25, -0.2) is 0 Å². The third-order valence-electron chi connectivity index (χ3n) is 5.19.